The van der Waals surface area contributed by atoms with Crippen molar-refractivity contribution in [2.24, 2.45) is 47.3 Å². The highest BCUT2D eigenvalue weighted by Gasteiger charge is 2.58. The molecule has 36 heavy (non-hydrogen) atoms. The van der Waals surface area contributed by atoms with Crippen LogP contribution in [-0.4, -0.2) is 8.07 Å². The van der Waals surface area contributed by atoms with Crippen LogP contribution in [-0.2, 0) is 0 Å². The number of unbranched alkanes of at least 4 members (excludes halogenated alkanes) is 5. The first-order chi connectivity index (χ1) is 17.7. The SMILES string of the molecule is CCCCCCCC[Si@@](C)(C1=CC=CC2C1CC1C=CC=CC12)C1C2C=CC=CC2C2C=CC=CC21. The second-order valence-electron chi connectivity index (χ2n) is 12.7. The minimum Gasteiger partial charge on any atom is -0.0808 e. The molecule has 0 heterocycles. The normalized spacial score (nSPS) is 40.5. The molecule has 1 heteroatoms. The molecule has 0 saturated heterocycles. The van der Waals surface area contributed by atoms with E-state index in [2.05, 4.69) is 105 Å². The lowest BCUT2D eigenvalue weighted by molar-refractivity contribution is 0.453. The van der Waals surface area contributed by atoms with Crippen LogP contribution in [0.3, 0.4) is 0 Å². The topological polar surface area (TPSA) is 0 Å². The van der Waals surface area contributed by atoms with Gasteiger partial charge in [-0.25, -0.2) is 0 Å². The van der Waals surface area contributed by atoms with Crippen molar-refractivity contribution in [2.45, 2.75) is 70.0 Å². The van der Waals surface area contributed by atoms with Gasteiger partial charge in [-0.15, -0.1) is 0 Å². The molecule has 0 aromatic carbocycles. The first-order valence-electron chi connectivity index (χ1n) is 15.2. The summed E-state index contributed by atoms with van der Waals surface area (Å²) in [5.41, 5.74) is 0.817. The second kappa shape index (κ2) is 10.5. The summed E-state index contributed by atoms with van der Waals surface area (Å²) in [7, 11) is -1.76. The fourth-order valence-corrected chi connectivity index (χ4v) is 15.3. The van der Waals surface area contributed by atoms with Gasteiger partial charge in [0.25, 0.3) is 0 Å². The van der Waals surface area contributed by atoms with E-state index in [4.69, 9.17) is 0 Å². The first kappa shape index (κ1) is 24.5. The van der Waals surface area contributed by atoms with Crippen LogP contribution >= 0.6 is 0 Å². The summed E-state index contributed by atoms with van der Waals surface area (Å²) in [5.74, 6) is 5.73. The molecule has 0 N–H and O–H groups in total. The summed E-state index contributed by atoms with van der Waals surface area (Å²) in [6, 6.07) is 1.48. The number of hydrogen-bond acceptors (Lipinski definition) is 0. The van der Waals surface area contributed by atoms with E-state index in [0.717, 1.165) is 17.4 Å². The molecule has 0 nitrogen and oxygen atoms in total. The van der Waals surface area contributed by atoms with Crippen LogP contribution < -0.4 is 0 Å². The molecular weight excluding hydrogens is 448 g/mol. The van der Waals surface area contributed by atoms with Crippen LogP contribution in [0.25, 0.3) is 0 Å². The van der Waals surface area contributed by atoms with Crippen LogP contribution in [0.4, 0.5) is 0 Å². The predicted molar refractivity (Wildman–Crippen MR) is 158 cm³/mol. The molecule has 6 aliphatic carbocycles. The summed E-state index contributed by atoms with van der Waals surface area (Å²) in [5, 5.41) is 1.94. The third-order valence-corrected chi connectivity index (χ3v) is 16.4. The van der Waals surface area contributed by atoms with E-state index in [1.807, 2.05) is 5.20 Å². The van der Waals surface area contributed by atoms with Gasteiger partial charge in [-0.1, -0.05) is 154 Å². The summed E-state index contributed by atoms with van der Waals surface area (Å²) >= 11 is 0. The van der Waals surface area contributed by atoms with E-state index in [1.165, 1.54) is 51.0 Å². The van der Waals surface area contributed by atoms with Crippen LogP contribution in [0.5, 0.6) is 0 Å². The number of rotatable bonds is 9. The molecular formula is C35H46Si. The van der Waals surface area contributed by atoms with Crippen LogP contribution in [0.15, 0.2) is 96.3 Å². The highest BCUT2D eigenvalue weighted by molar-refractivity contribution is 6.87. The van der Waals surface area contributed by atoms with E-state index < -0.39 is 8.07 Å². The smallest absolute Gasteiger partial charge is 0.0808 e. The summed E-state index contributed by atoms with van der Waals surface area (Å²) < 4.78 is 0. The molecule has 0 spiro atoms. The van der Waals surface area contributed by atoms with Crippen molar-refractivity contribution in [3.63, 3.8) is 0 Å². The second-order valence-corrected chi connectivity index (χ2v) is 17.3. The number of fused-ring (bicyclic) bond motifs is 6. The Hall–Kier alpha value is -1.86. The van der Waals surface area contributed by atoms with E-state index in [0.29, 0.717) is 35.5 Å². The lowest BCUT2D eigenvalue weighted by atomic mass is 9.83. The van der Waals surface area contributed by atoms with Crippen molar-refractivity contribution in [1.82, 2.24) is 0 Å². The van der Waals surface area contributed by atoms with Crippen LogP contribution in [0.2, 0.25) is 18.1 Å². The minimum absolute atomic E-state index is 0.690. The molecule has 0 amide bonds. The van der Waals surface area contributed by atoms with E-state index in [9.17, 15) is 0 Å². The van der Waals surface area contributed by atoms with Gasteiger partial charge in [-0.2, -0.15) is 0 Å². The van der Waals surface area contributed by atoms with Gasteiger partial charge < -0.3 is 0 Å². The lowest BCUT2D eigenvalue weighted by Crippen LogP contribution is -2.46. The summed E-state index contributed by atoms with van der Waals surface area (Å²) in [6.45, 7) is 5.18. The largest absolute Gasteiger partial charge is 0.0831 e. The Kier molecular flexibility index (Phi) is 7.13. The van der Waals surface area contributed by atoms with E-state index in [-0.39, 0.29) is 0 Å². The van der Waals surface area contributed by atoms with Crippen molar-refractivity contribution >= 4 is 8.07 Å². The average Bonchev–Trinajstić information content (AvgIpc) is 3.47. The Morgan fingerprint density at radius 3 is 1.86 bits per heavy atom. The van der Waals surface area contributed by atoms with E-state index >= 15 is 0 Å². The third-order valence-electron chi connectivity index (χ3n) is 10.9. The Morgan fingerprint density at radius 2 is 1.17 bits per heavy atom. The summed E-state index contributed by atoms with van der Waals surface area (Å²) in [4.78, 5) is 0. The Balaban J connectivity index is 1.34. The highest BCUT2D eigenvalue weighted by atomic mass is 28.3. The maximum absolute atomic E-state index is 2.84. The molecule has 0 radical (unpaired) electrons. The predicted octanol–water partition coefficient (Wildman–Crippen LogP) is 9.56. The first-order valence-corrected chi connectivity index (χ1v) is 17.9. The lowest BCUT2D eigenvalue weighted by Gasteiger charge is -2.46. The molecule has 9 atom stereocenters. The Morgan fingerprint density at radius 1 is 0.611 bits per heavy atom. The maximum Gasteiger partial charge on any atom is 0.0831 e. The van der Waals surface area contributed by atoms with Crippen molar-refractivity contribution in [3.05, 3.63) is 96.3 Å². The van der Waals surface area contributed by atoms with Gasteiger partial charge in [-0.05, 0) is 59.3 Å². The Bertz CT molecular complexity index is 1010. The van der Waals surface area contributed by atoms with Gasteiger partial charge in [0, 0.05) is 0 Å². The molecule has 190 valence electrons. The zero-order valence-corrected chi connectivity index (χ0v) is 23.5. The molecule has 6 rings (SSSR count). The fraction of sp³-hybridized carbons (Fsp3) is 0.543. The zero-order valence-electron chi connectivity index (χ0n) is 22.5. The van der Waals surface area contributed by atoms with E-state index in [1.54, 1.807) is 0 Å². The molecule has 2 saturated carbocycles. The monoisotopic (exact) mass is 494 g/mol. The van der Waals surface area contributed by atoms with Crippen molar-refractivity contribution < 1.29 is 0 Å². The van der Waals surface area contributed by atoms with Crippen LogP contribution in [0, 0.1) is 47.3 Å². The molecule has 0 bridgehead atoms. The third kappa shape index (κ3) is 4.20. The van der Waals surface area contributed by atoms with Gasteiger partial charge in [0.1, 0.15) is 0 Å². The fourth-order valence-electron chi connectivity index (χ4n) is 9.31. The standard InChI is InChI=1S/C35H46Si/c1-3-4-5-6-7-14-24-36(2,34-23-15-22-28-27-17-9-8-16-26(27)25-33(28)34)35-31-20-12-10-18-29(31)30-19-11-13-21-32(30)35/h8-13,15-23,26-33,35H,3-7,14,24-25H2,1-2H3/t26?,27?,28?,29?,30?,31?,32?,33?,35?,36-/m0/s1. The number of allylic oxidation sites excluding steroid dienone is 16. The zero-order chi connectivity index (χ0) is 24.5. The van der Waals surface area contributed by atoms with Crippen molar-refractivity contribution in [3.8, 4) is 0 Å². The van der Waals surface area contributed by atoms with Crippen molar-refractivity contribution in [1.29, 1.82) is 0 Å². The van der Waals surface area contributed by atoms with Gasteiger partial charge in [-0.3, -0.25) is 0 Å². The average molecular weight is 495 g/mol. The molecule has 0 aromatic heterocycles. The molecule has 0 aliphatic heterocycles. The highest BCUT2D eigenvalue weighted by Crippen LogP contribution is 2.63. The molecule has 2 fully saturated rings. The van der Waals surface area contributed by atoms with Crippen LogP contribution in [0.1, 0.15) is 51.9 Å². The van der Waals surface area contributed by atoms with Gasteiger partial charge in [0.15, 0.2) is 0 Å². The quantitative estimate of drug-likeness (QED) is 0.221. The van der Waals surface area contributed by atoms with Gasteiger partial charge in [0.2, 0.25) is 0 Å². The molecule has 8 unspecified atom stereocenters. The number of hydrogen-bond donors (Lipinski definition) is 0. The minimum atomic E-state index is -1.76. The van der Waals surface area contributed by atoms with Crippen molar-refractivity contribution in [2.75, 3.05) is 0 Å². The molecule has 0 aromatic rings. The van der Waals surface area contributed by atoms with Gasteiger partial charge >= 0.3 is 0 Å². The Labute approximate surface area is 221 Å². The summed E-state index contributed by atoms with van der Waals surface area (Å²) in [6.07, 6.45) is 47.0. The maximum atomic E-state index is 2.84. The van der Waals surface area contributed by atoms with Gasteiger partial charge in [0.05, 0.1) is 8.07 Å². The molecule has 6 aliphatic rings.